The summed E-state index contributed by atoms with van der Waals surface area (Å²) in [6.45, 7) is 0. The molecule has 3 nitrogen and oxygen atoms in total. The minimum Gasteiger partial charge on any atom is -0.459 e. The van der Waals surface area contributed by atoms with Gasteiger partial charge in [-0.3, -0.25) is 4.79 Å². The van der Waals surface area contributed by atoms with Gasteiger partial charge in [-0.2, -0.15) is 0 Å². The number of methoxy groups -OCH3 is 1. The first-order chi connectivity index (χ1) is 8.24. The van der Waals surface area contributed by atoms with Crippen LogP contribution < -0.4 is 0 Å². The summed E-state index contributed by atoms with van der Waals surface area (Å²) in [5, 5.41) is 0. The minimum absolute atomic E-state index is 0.102. The number of Topliss-reactive ketones (excluding diaryl/α,β-unsaturated/α-hetero) is 1. The number of hydrogen-bond acceptors (Lipinski definition) is 3. The maximum atomic E-state index is 11.7. The largest absolute Gasteiger partial charge is 0.459 e. The second-order valence-electron chi connectivity index (χ2n) is 3.44. The molecule has 0 N–H and O–H groups in total. The molecule has 0 bridgehead atoms. The van der Waals surface area contributed by atoms with Crippen LogP contribution in [0.15, 0.2) is 30.3 Å². The molecule has 0 aliphatic heterocycles. The molecule has 0 atom stereocenters. The normalized spacial score (nSPS) is 9.00. The van der Waals surface area contributed by atoms with Crippen molar-refractivity contribution in [2.45, 2.75) is 19.3 Å². The summed E-state index contributed by atoms with van der Waals surface area (Å²) in [7, 11) is 1.29. The highest BCUT2D eigenvalue weighted by Crippen LogP contribution is 2.05. The highest BCUT2D eigenvalue weighted by atomic mass is 16.5. The first-order valence-corrected chi connectivity index (χ1v) is 5.39. The number of carbonyl (C=O) groups excluding carboxylic acids is 2. The van der Waals surface area contributed by atoms with E-state index < -0.39 is 5.97 Å². The standard InChI is InChI=1S/C14H14O3/c1-17-14(16)11-7-3-6-10-13(15)12-8-4-2-5-9-12/h2,4-5,8-9H,3,6,10H2,1H3. The Kier molecular flexibility index (Phi) is 5.53. The quantitative estimate of drug-likeness (QED) is 0.262. The predicted octanol–water partition coefficient (Wildman–Crippen LogP) is 2.22. The van der Waals surface area contributed by atoms with E-state index in [0.717, 1.165) is 0 Å². The van der Waals surface area contributed by atoms with E-state index in [2.05, 4.69) is 16.6 Å². The van der Waals surface area contributed by atoms with Crippen molar-refractivity contribution in [3.63, 3.8) is 0 Å². The van der Waals surface area contributed by atoms with E-state index in [9.17, 15) is 9.59 Å². The number of unbranched alkanes of at least 4 members (excludes halogenated alkanes) is 1. The van der Waals surface area contributed by atoms with Crippen molar-refractivity contribution < 1.29 is 14.3 Å². The molecule has 0 saturated heterocycles. The third-order valence-corrected chi connectivity index (χ3v) is 2.18. The summed E-state index contributed by atoms with van der Waals surface area (Å²) < 4.78 is 4.37. The Hall–Kier alpha value is -2.08. The van der Waals surface area contributed by atoms with Crippen LogP contribution in [-0.2, 0) is 9.53 Å². The first kappa shape index (κ1) is 13.0. The van der Waals surface area contributed by atoms with Crippen LogP contribution in [0.5, 0.6) is 0 Å². The molecule has 0 aromatic heterocycles. The van der Waals surface area contributed by atoms with Crippen molar-refractivity contribution in [2.24, 2.45) is 0 Å². The second kappa shape index (κ2) is 7.24. The zero-order valence-electron chi connectivity index (χ0n) is 9.73. The summed E-state index contributed by atoms with van der Waals surface area (Å²) in [6.07, 6.45) is 1.62. The molecule has 0 unspecified atom stereocenters. The SMILES string of the molecule is COC(=O)C#CCCCC(=O)c1ccccc1. The average molecular weight is 230 g/mol. The number of carbonyl (C=O) groups is 2. The van der Waals surface area contributed by atoms with Gasteiger partial charge in [-0.1, -0.05) is 36.3 Å². The van der Waals surface area contributed by atoms with Gasteiger partial charge in [0, 0.05) is 24.3 Å². The highest BCUT2D eigenvalue weighted by molar-refractivity contribution is 5.96. The fraction of sp³-hybridized carbons (Fsp3) is 0.286. The van der Waals surface area contributed by atoms with E-state index in [1.165, 1.54) is 7.11 Å². The third-order valence-electron chi connectivity index (χ3n) is 2.18. The molecule has 0 aliphatic rings. The Balaban J connectivity index is 2.30. The molecule has 17 heavy (non-hydrogen) atoms. The van der Waals surface area contributed by atoms with Gasteiger partial charge >= 0.3 is 5.97 Å². The first-order valence-electron chi connectivity index (χ1n) is 5.39. The molecule has 0 amide bonds. The van der Waals surface area contributed by atoms with E-state index in [1.54, 1.807) is 12.1 Å². The number of hydrogen-bond donors (Lipinski definition) is 0. The van der Waals surface area contributed by atoms with Crippen LogP contribution in [0.4, 0.5) is 0 Å². The lowest BCUT2D eigenvalue weighted by Crippen LogP contribution is -1.98. The van der Waals surface area contributed by atoms with Crippen molar-refractivity contribution in [3.8, 4) is 11.8 Å². The van der Waals surface area contributed by atoms with Gasteiger partial charge < -0.3 is 4.74 Å². The van der Waals surface area contributed by atoms with Crippen LogP contribution in [-0.4, -0.2) is 18.9 Å². The van der Waals surface area contributed by atoms with Gasteiger partial charge in [0.15, 0.2) is 5.78 Å². The van der Waals surface area contributed by atoms with Crippen molar-refractivity contribution in [1.82, 2.24) is 0 Å². The van der Waals surface area contributed by atoms with Gasteiger partial charge in [0.2, 0.25) is 0 Å². The van der Waals surface area contributed by atoms with Crippen molar-refractivity contribution >= 4 is 11.8 Å². The van der Waals surface area contributed by atoms with Crippen LogP contribution in [0, 0.1) is 11.8 Å². The average Bonchev–Trinajstić information content (AvgIpc) is 2.38. The Morgan fingerprint density at radius 3 is 2.59 bits per heavy atom. The maximum absolute atomic E-state index is 11.7. The van der Waals surface area contributed by atoms with E-state index in [1.807, 2.05) is 18.2 Å². The predicted molar refractivity (Wildman–Crippen MR) is 64.4 cm³/mol. The van der Waals surface area contributed by atoms with E-state index in [4.69, 9.17) is 0 Å². The lowest BCUT2D eigenvalue weighted by Gasteiger charge is -1.97. The molecule has 1 aromatic rings. The molecule has 0 spiro atoms. The Labute approximate surface area is 101 Å². The second-order valence-corrected chi connectivity index (χ2v) is 3.44. The zero-order valence-corrected chi connectivity index (χ0v) is 9.73. The maximum Gasteiger partial charge on any atom is 0.384 e. The third kappa shape index (κ3) is 4.98. The smallest absolute Gasteiger partial charge is 0.384 e. The molecular weight excluding hydrogens is 216 g/mol. The number of ether oxygens (including phenoxy) is 1. The van der Waals surface area contributed by atoms with Crippen molar-refractivity contribution in [3.05, 3.63) is 35.9 Å². The van der Waals surface area contributed by atoms with Gasteiger partial charge in [0.1, 0.15) is 0 Å². The van der Waals surface area contributed by atoms with Gasteiger partial charge in [0.25, 0.3) is 0 Å². The molecule has 0 radical (unpaired) electrons. The molecule has 0 heterocycles. The van der Waals surface area contributed by atoms with Crippen LogP contribution in [0.25, 0.3) is 0 Å². The van der Waals surface area contributed by atoms with Crippen LogP contribution in [0.1, 0.15) is 29.6 Å². The summed E-state index contributed by atoms with van der Waals surface area (Å²) in [4.78, 5) is 22.3. The number of esters is 1. The van der Waals surface area contributed by atoms with E-state index in [-0.39, 0.29) is 5.78 Å². The fourth-order valence-corrected chi connectivity index (χ4v) is 1.29. The lowest BCUT2D eigenvalue weighted by atomic mass is 10.1. The Morgan fingerprint density at radius 2 is 1.94 bits per heavy atom. The van der Waals surface area contributed by atoms with Crippen molar-refractivity contribution in [2.75, 3.05) is 7.11 Å². The van der Waals surface area contributed by atoms with Crippen LogP contribution in [0.3, 0.4) is 0 Å². The zero-order chi connectivity index (χ0) is 12.5. The van der Waals surface area contributed by atoms with E-state index >= 15 is 0 Å². The monoisotopic (exact) mass is 230 g/mol. The molecular formula is C14H14O3. The summed E-state index contributed by atoms with van der Waals surface area (Å²) >= 11 is 0. The van der Waals surface area contributed by atoms with Crippen molar-refractivity contribution in [1.29, 1.82) is 0 Å². The Bertz CT molecular complexity index is 438. The molecule has 88 valence electrons. The van der Waals surface area contributed by atoms with Gasteiger partial charge in [-0.15, -0.1) is 0 Å². The van der Waals surface area contributed by atoms with Crippen LogP contribution in [0.2, 0.25) is 0 Å². The molecule has 3 heteroatoms. The summed E-state index contributed by atoms with van der Waals surface area (Å²) in [5.41, 5.74) is 0.716. The fourth-order valence-electron chi connectivity index (χ4n) is 1.29. The topological polar surface area (TPSA) is 43.4 Å². The molecule has 0 fully saturated rings. The molecule has 0 saturated carbocycles. The van der Waals surface area contributed by atoms with Gasteiger partial charge in [-0.05, 0) is 6.42 Å². The number of benzene rings is 1. The number of ketones is 1. The summed E-state index contributed by atoms with van der Waals surface area (Å²) in [6, 6.07) is 9.14. The number of rotatable bonds is 4. The van der Waals surface area contributed by atoms with Gasteiger partial charge in [-0.25, -0.2) is 4.79 Å². The Morgan fingerprint density at radius 1 is 1.24 bits per heavy atom. The summed E-state index contributed by atoms with van der Waals surface area (Å²) in [5.74, 6) is 4.55. The lowest BCUT2D eigenvalue weighted by molar-refractivity contribution is -0.133. The molecule has 1 rings (SSSR count). The van der Waals surface area contributed by atoms with Gasteiger partial charge in [0.05, 0.1) is 7.11 Å². The molecule has 0 aliphatic carbocycles. The minimum atomic E-state index is -0.542. The molecule has 1 aromatic carbocycles. The highest BCUT2D eigenvalue weighted by Gasteiger charge is 2.03. The van der Waals surface area contributed by atoms with Crippen LogP contribution >= 0.6 is 0 Å². The van der Waals surface area contributed by atoms with E-state index in [0.29, 0.717) is 24.8 Å².